The number of aryl methyl sites for hydroxylation is 1. The second-order valence-corrected chi connectivity index (χ2v) is 5.07. The SMILES string of the molecule is Cc1cc(C2=C[C@@]2(C#N)C(=O)NC(C)C)ccc1F. The summed E-state index contributed by atoms with van der Waals surface area (Å²) >= 11 is 0. The number of amides is 1. The highest BCUT2D eigenvalue weighted by Gasteiger charge is 2.52. The second-order valence-electron chi connectivity index (χ2n) is 5.07. The van der Waals surface area contributed by atoms with E-state index in [0.717, 1.165) is 5.56 Å². The van der Waals surface area contributed by atoms with E-state index >= 15 is 0 Å². The van der Waals surface area contributed by atoms with Crippen LogP contribution in [-0.2, 0) is 4.79 Å². The first-order chi connectivity index (χ1) is 8.90. The molecule has 19 heavy (non-hydrogen) atoms. The maximum atomic E-state index is 13.2. The lowest BCUT2D eigenvalue weighted by Gasteiger charge is -2.13. The summed E-state index contributed by atoms with van der Waals surface area (Å²) in [5.41, 5.74) is 0.686. The summed E-state index contributed by atoms with van der Waals surface area (Å²) < 4.78 is 13.2. The number of nitrogens with zero attached hydrogens (tertiary/aromatic N) is 1. The number of carbonyl (C=O) groups excluding carboxylic acids is 1. The van der Waals surface area contributed by atoms with Crippen LogP contribution < -0.4 is 5.32 Å². The van der Waals surface area contributed by atoms with Gasteiger partial charge in [0.2, 0.25) is 5.91 Å². The number of rotatable bonds is 3. The average Bonchev–Trinajstić information content (AvgIpc) is 3.08. The van der Waals surface area contributed by atoms with Crippen LogP contribution in [0.5, 0.6) is 0 Å². The van der Waals surface area contributed by atoms with E-state index < -0.39 is 5.41 Å². The lowest BCUT2D eigenvalue weighted by molar-refractivity contribution is -0.123. The normalized spacial score (nSPS) is 20.7. The van der Waals surface area contributed by atoms with Crippen molar-refractivity contribution in [3.05, 3.63) is 41.2 Å². The Balaban J connectivity index is 2.25. The molecule has 1 aromatic rings. The molecule has 0 radical (unpaired) electrons. The molecule has 3 nitrogen and oxygen atoms in total. The van der Waals surface area contributed by atoms with Crippen LogP contribution in [0.15, 0.2) is 24.3 Å². The predicted octanol–water partition coefficient (Wildman–Crippen LogP) is 2.57. The lowest BCUT2D eigenvalue weighted by atomic mass is 9.95. The van der Waals surface area contributed by atoms with E-state index in [1.54, 1.807) is 25.1 Å². The standard InChI is InChI=1S/C15H15FN2O/c1-9(2)18-14(19)15(8-17)7-12(15)11-4-5-13(16)10(3)6-11/h4-7,9H,1-3H3,(H,18,19)/t15-/m0/s1. The van der Waals surface area contributed by atoms with Crippen molar-refractivity contribution in [1.29, 1.82) is 5.26 Å². The summed E-state index contributed by atoms with van der Waals surface area (Å²) in [6.45, 7) is 5.34. The van der Waals surface area contributed by atoms with E-state index in [4.69, 9.17) is 0 Å². The topological polar surface area (TPSA) is 52.9 Å². The average molecular weight is 258 g/mol. The molecule has 1 amide bonds. The molecule has 0 bridgehead atoms. The fourth-order valence-electron chi connectivity index (χ4n) is 2.01. The molecule has 0 saturated heterocycles. The summed E-state index contributed by atoms with van der Waals surface area (Å²) in [6.07, 6.45) is 1.62. The van der Waals surface area contributed by atoms with Crippen LogP contribution in [-0.4, -0.2) is 11.9 Å². The van der Waals surface area contributed by atoms with Gasteiger partial charge < -0.3 is 5.32 Å². The van der Waals surface area contributed by atoms with Crippen molar-refractivity contribution in [3.63, 3.8) is 0 Å². The third-order valence-corrected chi connectivity index (χ3v) is 3.13. The molecular weight excluding hydrogens is 243 g/mol. The minimum absolute atomic E-state index is 0.0251. The summed E-state index contributed by atoms with van der Waals surface area (Å²) in [5.74, 6) is -0.610. The molecule has 0 saturated carbocycles. The van der Waals surface area contributed by atoms with E-state index in [0.29, 0.717) is 11.1 Å². The molecule has 4 heteroatoms. The third kappa shape index (κ3) is 2.24. The highest BCUT2D eigenvalue weighted by atomic mass is 19.1. The molecule has 0 aromatic heterocycles. The number of nitrogens with one attached hydrogen (secondary N) is 1. The number of carbonyl (C=O) groups is 1. The van der Waals surface area contributed by atoms with Gasteiger partial charge in [-0.2, -0.15) is 5.26 Å². The van der Waals surface area contributed by atoms with Gasteiger partial charge in [-0.1, -0.05) is 6.07 Å². The van der Waals surface area contributed by atoms with Crippen molar-refractivity contribution in [1.82, 2.24) is 5.32 Å². The molecule has 1 atom stereocenters. The van der Waals surface area contributed by atoms with E-state index in [1.807, 2.05) is 19.9 Å². The van der Waals surface area contributed by atoms with Gasteiger partial charge in [0.25, 0.3) is 0 Å². The molecule has 0 heterocycles. The van der Waals surface area contributed by atoms with Crippen molar-refractivity contribution >= 4 is 11.5 Å². The molecule has 0 unspecified atom stereocenters. The van der Waals surface area contributed by atoms with Crippen LogP contribution in [0.1, 0.15) is 25.0 Å². The Hall–Kier alpha value is -2.15. The van der Waals surface area contributed by atoms with Gasteiger partial charge in [0, 0.05) is 6.04 Å². The summed E-state index contributed by atoms with van der Waals surface area (Å²) in [6, 6.07) is 6.62. The van der Waals surface area contributed by atoms with Crippen molar-refractivity contribution < 1.29 is 9.18 Å². The molecule has 1 aliphatic carbocycles. The van der Waals surface area contributed by atoms with Gasteiger partial charge in [-0.05, 0) is 55.7 Å². The van der Waals surface area contributed by atoms with Gasteiger partial charge in [-0.15, -0.1) is 0 Å². The molecule has 0 aliphatic heterocycles. The van der Waals surface area contributed by atoms with Crippen LogP contribution in [0.3, 0.4) is 0 Å². The van der Waals surface area contributed by atoms with E-state index in [-0.39, 0.29) is 17.8 Å². The number of halogens is 1. The summed E-state index contributed by atoms with van der Waals surface area (Å²) in [7, 11) is 0. The molecule has 1 aromatic carbocycles. The number of benzene rings is 1. The maximum absolute atomic E-state index is 13.2. The highest BCUT2D eigenvalue weighted by Crippen LogP contribution is 2.50. The monoisotopic (exact) mass is 258 g/mol. The Morgan fingerprint density at radius 2 is 2.16 bits per heavy atom. The van der Waals surface area contributed by atoms with Crippen molar-refractivity contribution in [2.75, 3.05) is 0 Å². The first kappa shape index (κ1) is 13.3. The second kappa shape index (κ2) is 4.51. The van der Waals surface area contributed by atoms with Crippen molar-refractivity contribution in [2.45, 2.75) is 26.8 Å². The van der Waals surface area contributed by atoms with Crippen LogP contribution in [0, 0.1) is 29.5 Å². The Bertz CT molecular complexity index is 613. The molecule has 1 N–H and O–H groups in total. The third-order valence-electron chi connectivity index (χ3n) is 3.13. The molecular formula is C15H15FN2O. The van der Waals surface area contributed by atoms with Gasteiger partial charge in [0.15, 0.2) is 5.41 Å². The van der Waals surface area contributed by atoms with Crippen LogP contribution >= 0.6 is 0 Å². The summed E-state index contributed by atoms with van der Waals surface area (Å²) in [5, 5.41) is 12.0. The van der Waals surface area contributed by atoms with Gasteiger partial charge in [-0.3, -0.25) is 4.79 Å². The lowest BCUT2D eigenvalue weighted by Crippen LogP contribution is -2.37. The number of nitriles is 1. The van der Waals surface area contributed by atoms with E-state index in [2.05, 4.69) is 5.32 Å². The van der Waals surface area contributed by atoms with Crippen LogP contribution in [0.4, 0.5) is 4.39 Å². The minimum Gasteiger partial charge on any atom is -0.352 e. The van der Waals surface area contributed by atoms with Crippen LogP contribution in [0.25, 0.3) is 5.57 Å². The molecule has 1 aliphatic rings. The maximum Gasteiger partial charge on any atom is 0.249 e. The summed E-state index contributed by atoms with van der Waals surface area (Å²) in [4.78, 5) is 12.0. The zero-order valence-corrected chi connectivity index (χ0v) is 11.1. The fraction of sp³-hybridized carbons (Fsp3) is 0.333. The van der Waals surface area contributed by atoms with Gasteiger partial charge in [0.05, 0.1) is 6.07 Å². The Morgan fingerprint density at radius 1 is 1.47 bits per heavy atom. The molecule has 2 rings (SSSR count). The molecule has 98 valence electrons. The predicted molar refractivity (Wildman–Crippen MR) is 70.4 cm³/mol. The molecule has 0 fully saturated rings. The van der Waals surface area contributed by atoms with Gasteiger partial charge in [0.1, 0.15) is 5.82 Å². The zero-order valence-electron chi connectivity index (χ0n) is 11.1. The smallest absolute Gasteiger partial charge is 0.249 e. The first-order valence-corrected chi connectivity index (χ1v) is 6.13. The quantitative estimate of drug-likeness (QED) is 0.905. The number of hydrogen-bond donors (Lipinski definition) is 1. The van der Waals surface area contributed by atoms with Crippen molar-refractivity contribution in [3.8, 4) is 6.07 Å². The van der Waals surface area contributed by atoms with Crippen molar-refractivity contribution in [2.24, 2.45) is 5.41 Å². The fourth-order valence-corrected chi connectivity index (χ4v) is 2.01. The number of hydrogen-bond acceptors (Lipinski definition) is 2. The molecule has 0 spiro atoms. The van der Waals surface area contributed by atoms with Gasteiger partial charge in [-0.25, -0.2) is 4.39 Å². The first-order valence-electron chi connectivity index (χ1n) is 6.13. The van der Waals surface area contributed by atoms with Crippen LogP contribution in [0.2, 0.25) is 0 Å². The zero-order chi connectivity index (χ0) is 14.2. The largest absolute Gasteiger partial charge is 0.352 e. The highest BCUT2D eigenvalue weighted by molar-refractivity contribution is 6.11. The van der Waals surface area contributed by atoms with Gasteiger partial charge >= 0.3 is 0 Å². The Kier molecular flexibility index (Phi) is 3.15. The minimum atomic E-state index is -1.19. The van der Waals surface area contributed by atoms with E-state index in [9.17, 15) is 14.4 Å². The van der Waals surface area contributed by atoms with E-state index in [1.165, 1.54) is 6.07 Å². The Labute approximate surface area is 111 Å². The Morgan fingerprint density at radius 3 is 2.68 bits per heavy atom.